The van der Waals surface area contributed by atoms with Crippen molar-refractivity contribution in [3.63, 3.8) is 0 Å². The van der Waals surface area contributed by atoms with Crippen LogP contribution in [0.25, 0.3) is 0 Å². The molecule has 2 unspecified atom stereocenters. The summed E-state index contributed by atoms with van der Waals surface area (Å²) in [6.45, 7) is 3.95. The third-order valence-electron chi connectivity index (χ3n) is 5.61. The lowest BCUT2D eigenvalue weighted by molar-refractivity contribution is 0.0953. The second-order valence-corrected chi connectivity index (χ2v) is 9.21. The summed E-state index contributed by atoms with van der Waals surface area (Å²) in [5, 5.41) is 0. The van der Waals surface area contributed by atoms with Crippen molar-refractivity contribution in [2.45, 2.75) is 62.6 Å². The first-order valence-electron chi connectivity index (χ1n) is 9.12. The number of benzene rings is 1. The van der Waals surface area contributed by atoms with Crippen LogP contribution in [-0.4, -0.2) is 35.9 Å². The highest BCUT2D eigenvalue weighted by Gasteiger charge is 2.47. The van der Waals surface area contributed by atoms with Crippen LogP contribution >= 0.6 is 0 Å². The molecule has 0 amide bonds. The molecule has 26 heavy (non-hydrogen) atoms. The lowest BCUT2D eigenvalue weighted by atomic mass is 10.0. The fourth-order valence-electron chi connectivity index (χ4n) is 4.18. The van der Waals surface area contributed by atoms with Crippen molar-refractivity contribution in [2.24, 2.45) is 0 Å². The number of hydrogen-bond acceptors (Lipinski definition) is 4. The van der Waals surface area contributed by atoms with Crippen molar-refractivity contribution in [2.75, 3.05) is 0 Å². The predicted octanol–water partition coefficient (Wildman–Crippen LogP) is 3.46. The van der Waals surface area contributed by atoms with Crippen molar-refractivity contribution < 1.29 is 13.2 Å². The first-order chi connectivity index (χ1) is 12.4. The van der Waals surface area contributed by atoms with Gasteiger partial charge in [0, 0.05) is 31.1 Å². The van der Waals surface area contributed by atoms with Crippen molar-refractivity contribution >= 4 is 10.0 Å². The number of fused-ring (bicyclic) bond motifs is 2. The molecule has 2 bridgehead atoms. The summed E-state index contributed by atoms with van der Waals surface area (Å²) in [5.41, 5.74) is 2.11. The number of rotatable bonds is 4. The van der Waals surface area contributed by atoms with Crippen LogP contribution in [0.3, 0.4) is 0 Å². The normalized spacial score (nSPS) is 26.0. The molecule has 0 saturated carbocycles. The Morgan fingerprint density at radius 2 is 1.81 bits per heavy atom. The highest BCUT2D eigenvalue weighted by Crippen LogP contribution is 2.41. The van der Waals surface area contributed by atoms with Gasteiger partial charge in [0.1, 0.15) is 11.9 Å². The maximum absolute atomic E-state index is 13.3. The molecule has 1 aromatic carbocycles. The molecule has 3 heterocycles. The van der Waals surface area contributed by atoms with E-state index in [1.54, 1.807) is 28.8 Å². The van der Waals surface area contributed by atoms with E-state index in [0.717, 1.165) is 42.6 Å². The van der Waals surface area contributed by atoms with Crippen LogP contribution in [-0.2, 0) is 10.0 Å². The fourth-order valence-corrected chi connectivity index (χ4v) is 6.16. The highest BCUT2D eigenvalue weighted by molar-refractivity contribution is 7.89. The summed E-state index contributed by atoms with van der Waals surface area (Å²) in [6, 6.07) is 9.19. The number of nitrogens with zero attached hydrogens (tertiary/aromatic N) is 2. The number of ether oxygens (including phenoxy) is 1. The number of sulfonamides is 1. The number of pyridine rings is 1. The number of aromatic nitrogens is 1. The molecule has 2 aromatic rings. The Morgan fingerprint density at radius 3 is 2.42 bits per heavy atom. The zero-order valence-corrected chi connectivity index (χ0v) is 15.9. The van der Waals surface area contributed by atoms with Gasteiger partial charge in [-0.15, -0.1) is 0 Å². The minimum absolute atomic E-state index is 0.0158. The summed E-state index contributed by atoms with van der Waals surface area (Å²) in [6.07, 6.45) is 6.74. The minimum atomic E-state index is -3.47. The van der Waals surface area contributed by atoms with Crippen LogP contribution < -0.4 is 4.74 Å². The largest absolute Gasteiger partial charge is 0.489 e. The molecule has 2 aliphatic rings. The SMILES string of the molecule is Cc1ccc(S(=O)(=O)N2C3CCC2CC(Oc2cccnc2)C3)cc1C. The van der Waals surface area contributed by atoms with Gasteiger partial charge in [-0.2, -0.15) is 4.31 Å². The molecule has 0 radical (unpaired) electrons. The fraction of sp³-hybridized carbons (Fsp3) is 0.450. The Labute approximate surface area is 155 Å². The van der Waals surface area contributed by atoms with Gasteiger partial charge in [0.25, 0.3) is 0 Å². The quantitative estimate of drug-likeness (QED) is 0.825. The molecule has 2 aliphatic heterocycles. The molecule has 138 valence electrons. The zero-order valence-electron chi connectivity index (χ0n) is 15.1. The monoisotopic (exact) mass is 372 g/mol. The van der Waals surface area contributed by atoms with Gasteiger partial charge in [-0.3, -0.25) is 4.98 Å². The van der Waals surface area contributed by atoms with Gasteiger partial charge in [-0.1, -0.05) is 6.07 Å². The Bertz CT molecular complexity index is 885. The van der Waals surface area contributed by atoms with Crippen LogP contribution in [0.15, 0.2) is 47.6 Å². The number of aryl methyl sites for hydroxylation is 2. The maximum Gasteiger partial charge on any atom is 0.243 e. The lowest BCUT2D eigenvalue weighted by Gasteiger charge is -2.37. The Hall–Kier alpha value is -1.92. The number of piperidine rings is 1. The second-order valence-electron chi connectivity index (χ2n) is 7.37. The first kappa shape index (κ1) is 17.5. The molecule has 2 atom stereocenters. The molecule has 0 spiro atoms. The van der Waals surface area contributed by atoms with Gasteiger partial charge in [0.05, 0.1) is 11.1 Å². The summed E-state index contributed by atoms with van der Waals surface area (Å²) in [4.78, 5) is 4.49. The molecule has 4 rings (SSSR count). The van der Waals surface area contributed by atoms with Crippen LogP contribution in [0.2, 0.25) is 0 Å². The average molecular weight is 372 g/mol. The van der Waals surface area contributed by atoms with Crippen LogP contribution in [0, 0.1) is 13.8 Å². The zero-order chi connectivity index (χ0) is 18.3. The van der Waals surface area contributed by atoms with Gasteiger partial charge in [-0.25, -0.2) is 8.42 Å². The van der Waals surface area contributed by atoms with E-state index in [1.807, 2.05) is 32.0 Å². The van der Waals surface area contributed by atoms with E-state index in [1.165, 1.54) is 0 Å². The standard InChI is InChI=1S/C20H24N2O3S/c1-14-5-8-20(10-15(14)2)26(23,24)22-16-6-7-17(22)12-19(11-16)25-18-4-3-9-21-13-18/h3-5,8-10,13,16-17,19H,6-7,11-12H2,1-2H3. The van der Waals surface area contributed by atoms with Crippen LogP contribution in [0.1, 0.15) is 36.8 Å². The van der Waals surface area contributed by atoms with E-state index >= 15 is 0 Å². The van der Waals surface area contributed by atoms with Gasteiger partial charge >= 0.3 is 0 Å². The van der Waals surface area contributed by atoms with E-state index in [0.29, 0.717) is 4.90 Å². The van der Waals surface area contributed by atoms with E-state index < -0.39 is 10.0 Å². The Morgan fingerprint density at radius 1 is 1.08 bits per heavy atom. The maximum atomic E-state index is 13.3. The lowest BCUT2D eigenvalue weighted by Crippen LogP contribution is -2.49. The van der Waals surface area contributed by atoms with Crippen molar-refractivity contribution in [3.05, 3.63) is 53.9 Å². The Balaban J connectivity index is 1.55. The van der Waals surface area contributed by atoms with Gasteiger partial charge in [0.2, 0.25) is 10.0 Å². The molecule has 0 aliphatic carbocycles. The van der Waals surface area contributed by atoms with Gasteiger partial charge < -0.3 is 4.74 Å². The summed E-state index contributed by atoms with van der Waals surface area (Å²) >= 11 is 0. The van der Waals surface area contributed by atoms with Gasteiger partial charge in [0.15, 0.2) is 0 Å². The van der Waals surface area contributed by atoms with E-state index in [-0.39, 0.29) is 18.2 Å². The molecule has 2 saturated heterocycles. The van der Waals surface area contributed by atoms with E-state index in [2.05, 4.69) is 4.98 Å². The molecule has 1 aromatic heterocycles. The average Bonchev–Trinajstić information content (AvgIpc) is 2.90. The summed E-state index contributed by atoms with van der Waals surface area (Å²) in [5.74, 6) is 0.752. The predicted molar refractivity (Wildman–Crippen MR) is 99.6 cm³/mol. The van der Waals surface area contributed by atoms with Gasteiger partial charge in [-0.05, 0) is 62.1 Å². The summed E-state index contributed by atoms with van der Waals surface area (Å²) < 4.78 is 34.3. The molecule has 2 fully saturated rings. The van der Waals surface area contributed by atoms with E-state index in [4.69, 9.17) is 4.74 Å². The van der Waals surface area contributed by atoms with Crippen LogP contribution in [0.5, 0.6) is 5.75 Å². The Kier molecular flexibility index (Phi) is 4.49. The third-order valence-corrected chi connectivity index (χ3v) is 7.61. The number of hydrogen-bond donors (Lipinski definition) is 0. The second kappa shape index (κ2) is 6.67. The smallest absolute Gasteiger partial charge is 0.243 e. The molecular formula is C20H24N2O3S. The van der Waals surface area contributed by atoms with Crippen molar-refractivity contribution in [3.8, 4) is 5.75 Å². The summed E-state index contributed by atoms with van der Waals surface area (Å²) in [7, 11) is -3.47. The molecule has 6 heteroatoms. The first-order valence-corrected chi connectivity index (χ1v) is 10.6. The topological polar surface area (TPSA) is 59.5 Å². The minimum Gasteiger partial charge on any atom is -0.489 e. The molecule has 0 N–H and O–H groups in total. The molecular weight excluding hydrogens is 348 g/mol. The highest BCUT2D eigenvalue weighted by atomic mass is 32.2. The van der Waals surface area contributed by atoms with E-state index in [9.17, 15) is 8.42 Å². The van der Waals surface area contributed by atoms with Crippen molar-refractivity contribution in [1.29, 1.82) is 0 Å². The third kappa shape index (κ3) is 3.12. The van der Waals surface area contributed by atoms with Crippen molar-refractivity contribution in [1.82, 2.24) is 9.29 Å². The van der Waals surface area contributed by atoms with Crippen LogP contribution in [0.4, 0.5) is 0 Å². The molecule has 5 nitrogen and oxygen atoms in total.